The highest BCUT2D eigenvalue weighted by atomic mass is 16.2. The van der Waals surface area contributed by atoms with Crippen molar-refractivity contribution in [3.63, 3.8) is 0 Å². The zero-order valence-electron chi connectivity index (χ0n) is 14.7. The first-order chi connectivity index (χ1) is 11.0. The van der Waals surface area contributed by atoms with Gasteiger partial charge in [0.2, 0.25) is 5.91 Å². The van der Waals surface area contributed by atoms with Gasteiger partial charge in [-0.2, -0.15) is 0 Å². The molecule has 0 saturated heterocycles. The molecule has 23 heavy (non-hydrogen) atoms. The molecule has 0 bridgehead atoms. The predicted octanol–water partition coefficient (Wildman–Crippen LogP) is 3.11. The van der Waals surface area contributed by atoms with E-state index in [0.717, 1.165) is 25.8 Å². The normalized spacial score (nSPS) is 26.9. The SMILES string of the molecule is CC(C)C(N)CCN(C)C(=O)C1CC12CCCc1ccccc12. The van der Waals surface area contributed by atoms with Gasteiger partial charge in [-0.3, -0.25) is 4.79 Å². The summed E-state index contributed by atoms with van der Waals surface area (Å²) in [5.74, 6) is 0.970. The van der Waals surface area contributed by atoms with Gasteiger partial charge in [-0.1, -0.05) is 38.1 Å². The smallest absolute Gasteiger partial charge is 0.226 e. The molecule has 2 N–H and O–H groups in total. The average molecular weight is 314 g/mol. The summed E-state index contributed by atoms with van der Waals surface area (Å²) in [6.45, 7) is 5.05. The van der Waals surface area contributed by atoms with Crippen molar-refractivity contribution in [2.45, 2.75) is 57.4 Å². The number of benzene rings is 1. The standard InChI is InChI=1S/C20H30N2O/c1-14(2)18(21)10-12-22(3)19(23)17-13-20(17)11-6-8-15-7-4-5-9-16(15)20/h4-5,7,9,14,17-18H,6,8,10-13,21H2,1-3H3. The Kier molecular flexibility index (Phi) is 4.50. The molecule has 1 aromatic rings. The Morgan fingerprint density at radius 2 is 2.13 bits per heavy atom. The van der Waals surface area contributed by atoms with Crippen LogP contribution < -0.4 is 5.73 Å². The van der Waals surface area contributed by atoms with Crippen LogP contribution in [0.25, 0.3) is 0 Å². The van der Waals surface area contributed by atoms with Crippen LogP contribution in [0.3, 0.4) is 0 Å². The quantitative estimate of drug-likeness (QED) is 0.907. The molecule has 1 fully saturated rings. The predicted molar refractivity (Wildman–Crippen MR) is 94.2 cm³/mol. The minimum absolute atomic E-state index is 0.139. The second-order valence-electron chi connectivity index (χ2n) is 7.88. The number of carbonyl (C=O) groups excluding carboxylic acids is 1. The van der Waals surface area contributed by atoms with E-state index >= 15 is 0 Å². The van der Waals surface area contributed by atoms with E-state index in [9.17, 15) is 4.79 Å². The molecule has 3 heteroatoms. The van der Waals surface area contributed by atoms with E-state index in [0.29, 0.717) is 11.8 Å². The number of carbonyl (C=O) groups is 1. The monoisotopic (exact) mass is 314 g/mol. The van der Waals surface area contributed by atoms with Gasteiger partial charge in [-0.25, -0.2) is 0 Å². The van der Waals surface area contributed by atoms with Crippen molar-refractivity contribution in [1.82, 2.24) is 4.90 Å². The number of aryl methyl sites for hydroxylation is 1. The molecule has 2 aliphatic rings. The van der Waals surface area contributed by atoms with Crippen LogP contribution in [-0.4, -0.2) is 30.4 Å². The first-order valence-corrected chi connectivity index (χ1v) is 9.04. The number of nitrogens with two attached hydrogens (primary N) is 1. The first kappa shape index (κ1) is 16.5. The summed E-state index contributed by atoms with van der Waals surface area (Å²) in [6, 6.07) is 8.90. The van der Waals surface area contributed by atoms with Gasteiger partial charge in [-0.15, -0.1) is 0 Å². The van der Waals surface area contributed by atoms with E-state index in [2.05, 4.69) is 38.1 Å². The maximum atomic E-state index is 12.9. The summed E-state index contributed by atoms with van der Waals surface area (Å²) in [7, 11) is 1.94. The Labute approximate surface area is 140 Å². The Morgan fingerprint density at radius 1 is 1.39 bits per heavy atom. The summed E-state index contributed by atoms with van der Waals surface area (Å²) < 4.78 is 0. The lowest BCUT2D eigenvalue weighted by atomic mass is 9.78. The molecule has 126 valence electrons. The highest BCUT2D eigenvalue weighted by molar-refractivity contribution is 5.84. The third kappa shape index (κ3) is 3.03. The van der Waals surface area contributed by atoms with Gasteiger partial charge in [0.1, 0.15) is 0 Å². The fourth-order valence-electron chi connectivity index (χ4n) is 4.21. The zero-order valence-corrected chi connectivity index (χ0v) is 14.7. The molecule has 0 radical (unpaired) electrons. The van der Waals surface area contributed by atoms with Crippen LogP contribution >= 0.6 is 0 Å². The lowest BCUT2D eigenvalue weighted by molar-refractivity contribution is -0.131. The van der Waals surface area contributed by atoms with Crippen molar-refractivity contribution in [1.29, 1.82) is 0 Å². The summed E-state index contributed by atoms with van der Waals surface area (Å²) in [6.07, 6.45) is 5.46. The molecule has 3 rings (SSSR count). The molecular weight excluding hydrogens is 284 g/mol. The van der Waals surface area contributed by atoms with E-state index in [1.54, 1.807) is 0 Å². The molecule has 1 spiro atoms. The molecule has 3 atom stereocenters. The van der Waals surface area contributed by atoms with E-state index in [1.165, 1.54) is 24.0 Å². The van der Waals surface area contributed by atoms with Crippen LogP contribution in [0, 0.1) is 11.8 Å². The second kappa shape index (κ2) is 6.27. The van der Waals surface area contributed by atoms with E-state index in [-0.39, 0.29) is 17.4 Å². The summed E-state index contributed by atoms with van der Waals surface area (Å²) in [4.78, 5) is 14.8. The van der Waals surface area contributed by atoms with Gasteiger partial charge in [0.15, 0.2) is 0 Å². The summed E-state index contributed by atoms with van der Waals surface area (Å²) in [5.41, 5.74) is 9.16. The molecule has 0 heterocycles. The largest absolute Gasteiger partial charge is 0.345 e. The van der Waals surface area contributed by atoms with Gasteiger partial charge in [0.25, 0.3) is 0 Å². The number of hydrogen-bond acceptors (Lipinski definition) is 2. The van der Waals surface area contributed by atoms with Crippen LogP contribution in [0.2, 0.25) is 0 Å². The van der Waals surface area contributed by atoms with Gasteiger partial charge in [-0.05, 0) is 49.1 Å². The Balaban J connectivity index is 1.65. The van der Waals surface area contributed by atoms with Crippen LogP contribution in [0.5, 0.6) is 0 Å². The van der Waals surface area contributed by atoms with E-state index in [1.807, 2.05) is 11.9 Å². The molecular formula is C20H30N2O. The third-order valence-electron chi connectivity index (χ3n) is 6.03. The minimum Gasteiger partial charge on any atom is -0.345 e. The highest BCUT2D eigenvalue weighted by Crippen LogP contribution is 2.60. The van der Waals surface area contributed by atoms with Crippen molar-refractivity contribution in [2.24, 2.45) is 17.6 Å². The molecule has 1 saturated carbocycles. The molecule has 3 unspecified atom stereocenters. The molecule has 0 aliphatic heterocycles. The number of hydrogen-bond donors (Lipinski definition) is 1. The van der Waals surface area contributed by atoms with Gasteiger partial charge in [0.05, 0.1) is 0 Å². The van der Waals surface area contributed by atoms with Crippen molar-refractivity contribution in [3.8, 4) is 0 Å². The lowest BCUT2D eigenvalue weighted by Crippen LogP contribution is -2.36. The van der Waals surface area contributed by atoms with Crippen LogP contribution in [0.1, 0.15) is 50.7 Å². The van der Waals surface area contributed by atoms with Gasteiger partial charge in [0, 0.05) is 31.0 Å². The first-order valence-electron chi connectivity index (χ1n) is 9.04. The minimum atomic E-state index is 0.139. The fraction of sp³-hybridized carbons (Fsp3) is 0.650. The molecule has 1 aromatic carbocycles. The highest BCUT2D eigenvalue weighted by Gasteiger charge is 2.60. The number of nitrogens with zero attached hydrogens (tertiary/aromatic N) is 1. The van der Waals surface area contributed by atoms with E-state index in [4.69, 9.17) is 5.73 Å². The summed E-state index contributed by atoms with van der Waals surface area (Å²) >= 11 is 0. The van der Waals surface area contributed by atoms with Gasteiger partial charge >= 0.3 is 0 Å². The van der Waals surface area contributed by atoms with E-state index < -0.39 is 0 Å². The lowest BCUT2D eigenvalue weighted by Gasteiger charge is -2.28. The van der Waals surface area contributed by atoms with Gasteiger partial charge < -0.3 is 10.6 Å². The topological polar surface area (TPSA) is 46.3 Å². The molecule has 2 aliphatic carbocycles. The fourth-order valence-corrected chi connectivity index (χ4v) is 4.21. The number of rotatable bonds is 5. The van der Waals surface area contributed by atoms with Crippen molar-refractivity contribution in [2.75, 3.05) is 13.6 Å². The molecule has 0 aromatic heterocycles. The average Bonchev–Trinajstić information content (AvgIpc) is 3.26. The zero-order chi connectivity index (χ0) is 16.6. The maximum Gasteiger partial charge on any atom is 0.226 e. The van der Waals surface area contributed by atoms with Crippen molar-refractivity contribution >= 4 is 5.91 Å². The number of fused-ring (bicyclic) bond motifs is 2. The number of amides is 1. The molecule has 3 nitrogen and oxygen atoms in total. The van der Waals surface area contributed by atoms with Crippen LogP contribution in [0.4, 0.5) is 0 Å². The third-order valence-corrected chi connectivity index (χ3v) is 6.03. The Bertz CT molecular complexity index is 583. The van der Waals surface area contributed by atoms with Crippen molar-refractivity contribution in [3.05, 3.63) is 35.4 Å². The Hall–Kier alpha value is -1.35. The molecule has 1 amide bonds. The summed E-state index contributed by atoms with van der Waals surface area (Å²) in [5, 5.41) is 0. The Morgan fingerprint density at radius 3 is 2.87 bits per heavy atom. The maximum absolute atomic E-state index is 12.9. The second-order valence-corrected chi connectivity index (χ2v) is 7.88. The van der Waals surface area contributed by atoms with Crippen LogP contribution in [-0.2, 0) is 16.6 Å². The van der Waals surface area contributed by atoms with Crippen molar-refractivity contribution < 1.29 is 4.79 Å². The van der Waals surface area contributed by atoms with Crippen LogP contribution in [0.15, 0.2) is 24.3 Å².